The maximum atomic E-state index is 13.4. The molecule has 1 aromatic heterocycles. The summed E-state index contributed by atoms with van der Waals surface area (Å²) in [5, 5.41) is 10.2. The van der Waals surface area contributed by atoms with Crippen LogP contribution in [0.25, 0.3) is 20.5 Å². The molecule has 0 fully saturated rings. The molecule has 3 aromatic carbocycles. The van der Waals surface area contributed by atoms with Gasteiger partial charge in [-0.2, -0.15) is 5.26 Å². The lowest BCUT2D eigenvalue weighted by molar-refractivity contribution is -0.159. The zero-order chi connectivity index (χ0) is 27.8. The first-order valence-corrected chi connectivity index (χ1v) is 14.2. The fourth-order valence-electron chi connectivity index (χ4n) is 4.63. The number of hydrogen-bond donors (Lipinski definition) is 0. The van der Waals surface area contributed by atoms with Gasteiger partial charge in [0.25, 0.3) is 0 Å². The number of amides is 1. The van der Waals surface area contributed by atoms with Crippen molar-refractivity contribution in [3.05, 3.63) is 95.6 Å². The molecule has 4 rings (SSSR count). The highest BCUT2D eigenvalue weighted by atomic mass is 32.1. The maximum Gasteiger partial charge on any atom is 0.329 e. The maximum absolute atomic E-state index is 13.4. The summed E-state index contributed by atoms with van der Waals surface area (Å²) in [6, 6.07) is 27.0. The van der Waals surface area contributed by atoms with E-state index in [0.717, 1.165) is 44.5 Å². The SMILES string of the molecule is CCCCC(=O)N(Cc1ccc2sc(-c3ccc(C#N)cc3)cc2c1)C(C(=O)OCc1ccccc1)C(C)C. The second-order valence-electron chi connectivity index (χ2n) is 10.1. The van der Waals surface area contributed by atoms with E-state index in [1.165, 1.54) is 0 Å². The lowest BCUT2D eigenvalue weighted by atomic mass is 10.00. The molecule has 0 aliphatic rings. The Hall–Kier alpha value is -3.95. The topological polar surface area (TPSA) is 70.4 Å². The fourth-order valence-corrected chi connectivity index (χ4v) is 5.67. The van der Waals surface area contributed by atoms with Crippen LogP contribution in [0.15, 0.2) is 78.9 Å². The minimum atomic E-state index is -0.676. The minimum absolute atomic E-state index is 0.0316. The molecule has 0 bridgehead atoms. The number of carbonyl (C=O) groups excluding carboxylic acids is 2. The summed E-state index contributed by atoms with van der Waals surface area (Å²) in [7, 11) is 0. The van der Waals surface area contributed by atoms with Gasteiger partial charge >= 0.3 is 5.97 Å². The Labute approximate surface area is 234 Å². The molecule has 0 spiro atoms. The average Bonchev–Trinajstić information content (AvgIpc) is 3.38. The number of rotatable bonds is 11. The van der Waals surface area contributed by atoms with Crippen molar-refractivity contribution < 1.29 is 14.3 Å². The van der Waals surface area contributed by atoms with Crippen LogP contribution in [0, 0.1) is 17.2 Å². The Bertz CT molecular complexity index is 1450. The number of hydrogen-bond acceptors (Lipinski definition) is 5. The monoisotopic (exact) mass is 538 g/mol. The first kappa shape index (κ1) is 28.1. The van der Waals surface area contributed by atoms with Crippen molar-refractivity contribution in [1.82, 2.24) is 4.90 Å². The Kier molecular flexibility index (Phi) is 9.51. The number of unbranched alkanes of at least 4 members (excludes halogenated alkanes) is 1. The van der Waals surface area contributed by atoms with E-state index in [4.69, 9.17) is 10.00 Å². The summed E-state index contributed by atoms with van der Waals surface area (Å²) < 4.78 is 6.86. The molecular formula is C33H34N2O3S. The number of esters is 1. The zero-order valence-corrected chi connectivity index (χ0v) is 23.5. The third kappa shape index (κ3) is 7.13. The number of benzene rings is 3. The van der Waals surface area contributed by atoms with Gasteiger partial charge < -0.3 is 9.64 Å². The third-order valence-corrected chi connectivity index (χ3v) is 7.89. The number of carbonyl (C=O) groups is 2. The van der Waals surface area contributed by atoms with Crippen LogP contribution in [0.2, 0.25) is 0 Å². The molecule has 1 atom stereocenters. The van der Waals surface area contributed by atoms with Gasteiger partial charge in [-0.25, -0.2) is 4.79 Å². The molecule has 1 heterocycles. The van der Waals surface area contributed by atoms with Crippen molar-refractivity contribution in [1.29, 1.82) is 5.26 Å². The molecule has 0 aliphatic carbocycles. The highest BCUT2D eigenvalue weighted by Gasteiger charge is 2.33. The highest BCUT2D eigenvalue weighted by molar-refractivity contribution is 7.22. The van der Waals surface area contributed by atoms with Gasteiger partial charge in [-0.05, 0) is 64.7 Å². The van der Waals surface area contributed by atoms with E-state index in [0.29, 0.717) is 18.5 Å². The first-order chi connectivity index (χ1) is 18.9. The molecule has 0 saturated carbocycles. The standard InChI is InChI=1S/C33H34N2O3S/c1-4-5-11-31(36)35(32(23(2)3)33(37)38-22-25-9-7-6-8-10-25)21-26-14-17-29-28(18-26)19-30(39-29)27-15-12-24(20-34)13-16-27/h6-10,12-19,23,32H,4-5,11,21-22H2,1-3H3. The molecule has 0 aliphatic heterocycles. The molecular weight excluding hydrogens is 504 g/mol. The number of thiophene rings is 1. The Morgan fingerprint density at radius 3 is 2.38 bits per heavy atom. The number of fused-ring (bicyclic) bond motifs is 1. The van der Waals surface area contributed by atoms with E-state index >= 15 is 0 Å². The molecule has 6 heteroatoms. The smallest absolute Gasteiger partial charge is 0.329 e. The van der Waals surface area contributed by atoms with Gasteiger partial charge in [0.2, 0.25) is 5.91 Å². The van der Waals surface area contributed by atoms with Crippen molar-refractivity contribution >= 4 is 33.3 Å². The van der Waals surface area contributed by atoms with E-state index in [9.17, 15) is 9.59 Å². The summed E-state index contributed by atoms with van der Waals surface area (Å²) >= 11 is 1.69. The molecule has 200 valence electrons. The molecule has 5 nitrogen and oxygen atoms in total. The van der Waals surface area contributed by atoms with Crippen LogP contribution < -0.4 is 0 Å². The second-order valence-corrected chi connectivity index (χ2v) is 11.2. The Morgan fingerprint density at radius 2 is 1.72 bits per heavy atom. The van der Waals surface area contributed by atoms with E-state index in [-0.39, 0.29) is 24.4 Å². The van der Waals surface area contributed by atoms with Gasteiger partial charge in [-0.3, -0.25) is 4.79 Å². The van der Waals surface area contributed by atoms with Crippen LogP contribution in [-0.2, 0) is 27.5 Å². The average molecular weight is 539 g/mol. The Balaban J connectivity index is 1.58. The zero-order valence-electron chi connectivity index (χ0n) is 22.7. The first-order valence-electron chi connectivity index (χ1n) is 13.4. The molecule has 0 radical (unpaired) electrons. The van der Waals surface area contributed by atoms with Crippen LogP contribution in [0.4, 0.5) is 0 Å². The van der Waals surface area contributed by atoms with Crippen molar-refractivity contribution in [2.24, 2.45) is 5.92 Å². The van der Waals surface area contributed by atoms with Crippen LogP contribution in [0.5, 0.6) is 0 Å². The van der Waals surface area contributed by atoms with E-state index in [2.05, 4.69) is 31.2 Å². The van der Waals surface area contributed by atoms with Gasteiger partial charge in [0.1, 0.15) is 12.6 Å². The predicted octanol–water partition coefficient (Wildman–Crippen LogP) is 7.73. The second kappa shape index (κ2) is 13.2. The van der Waals surface area contributed by atoms with Gasteiger partial charge in [0, 0.05) is 22.5 Å². The van der Waals surface area contributed by atoms with Gasteiger partial charge in [-0.15, -0.1) is 11.3 Å². The lowest BCUT2D eigenvalue weighted by Gasteiger charge is -2.33. The number of nitriles is 1. The van der Waals surface area contributed by atoms with E-state index in [1.807, 2.05) is 74.5 Å². The molecule has 4 aromatic rings. The quantitative estimate of drug-likeness (QED) is 0.183. The normalized spacial score (nSPS) is 11.8. The summed E-state index contributed by atoms with van der Waals surface area (Å²) in [4.78, 5) is 29.6. The molecule has 1 unspecified atom stereocenters. The summed E-state index contributed by atoms with van der Waals surface area (Å²) in [6.45, 7) is 6.49. The fraction of sp³-hybridized carbons (Fsp3) is 0.303. The van der Waals surface area contributed by atoms with Gasteiger partial charge in [-0.1, -0.05) is 75.7 Å². The summed E-state index contributed by atoms with van der Waals surface area (Å²) in [5.41, 5.74) is 3.59. The highest BCUT2D eigenvalue weighted by Crippen LogP contribution is 2.34. The Morgan fingerprint density at radius 1 is 0.974 bits per heavy atom. The van der Waals surface area contributed by atoms with Gasteiger partial charge in [0.15, 0.2) is 0 Å². The van der Waals surface area contributed by atoms with Crippen LogP contribution in [0.1, 0.15) is 56.7 Å². The van der Waals surface area contributed by atoms with Crippen LogP contribution in [-0.4, -0.2) is 22.8 Å². The predicted molar refractivity (Wildman–Crippen MR) is 157 cm³/mol. The van der Waals surface area contributed by atoms with Crippen molar-refractivity contribution in [2.45, 2.75) is 59.2 Å². The third-order valence-electron chi connectivity index (χ3n) is 6.73. The lowest BCUT2D eigenvalue weighted by Crippen LogP contribution is -2.48. The van der Waals surface area contributed by atoms with Crippen molar-refractivity contribution in [3.63, 3.8) is 0 Å². The van der Waals surface area contributed by atoms with Crippen LogP contribution >= 0.6 is 11.3 Å². The van der Waals surface area contributed by atoms with E-state index in [1.54, 1.807) is 16.2 Å². The number of nitrogens with zero attached hydrogens (tertiary/aromatic N) is 2. The van der Waals surface area contributed by atoms with Gasteiger partial charge in [0.05, 0.1) is 11.6 Å². The van der Waals surface area contributed by atoms with Crippen LogP contribution in [0.3, 0.4) is 0 Å². The van der Waals surface area contributed by atoms with Crippen molar-refractivity contribution in [3.8, 4) is 16.5 Å². The minimum Gasteiger partial charge on any atom is -0.459 e. The molecule has 1 amide bonds. The van der Waals surface area contributed by atoms with Crippen molar-refractivity contribution in [2.75, 3.05) is 0 Å². The molecule has 39 heavy (non-hydrogen) atoms. The number of ether oxygens (including phenoxy) is 1. The summed E-state index contributed by atoms with van der Waals surface area (Å²) in [5.74, 6) is -0.513. The largest absolute Gasteiger partial charge is 0.459 e. The summed E-state index contributed by atoms with van der Waals surface area (Å²) in [6.07, 6.45) is 2.08. The van der Waals surface area contributed by atoms with E-state index < -0.39 is 6.04 Å². The molecule has 0 saturated heterocycles. The molecule has 0 N–H and O–H groups in total.